The lowest BCUT2D eigenvalue weighted by atomic mass is 10.1. The summed E-state index contributed by atoms with van der Waals surface area (Å²) < 4.78 is 116. The van der Waals surface area contributed by atoms with Crippen molar-refractivity contribution in [2.75, 3.05) is 0 Å². The predicted octanol–water partition coefficient (Wildman–Crippen LogP) is 2.81. The van der Waals surface area contributed by atoms with E-state index >= 15 is 0 Å². The molecule has 4 nitrogen and oxygen atoms in total. The van der Waals surface area contributed by atoms with Crippen LogP contribution in [0, 0.1) is 0 Å². The topological polar surface area (TPSA) is 68.3 Å². The van der Waals surface area contributed by atoms with Gasteiger partial charge in [-0.3, -0.25) is 0 Å². The third-order valence-corrected chi connectivity index (χ3v) is 7.52. The Kier molecular flexibility index (Phi) is 5.41. The minimum atomic E-state index is -6.56. The van der Waals surface area contributed by atoms with Crippen molar-refractivity contribution >= 4 is 19.7 Å². The molecule has 23 heavy (non-hydrogen) atoms. The predicted molar refractivity (Wildman–Crippen MR) is 68.5 cm³/mol. The molecule has 0 atom stereocenters. The molecule has 0 aliphatic carbocycles. The lowest BCUT2D eigenvalue weighted by Crippen LogP contribution is -2.45. The van der Waals surface area contributed by atoms with E-state index < -0.39 is 48.1 Å². The van der Waals surface area contributed by atoms with Crippen LogP contribution in [0.4, 0.5) is 26.3 Å². The van der Waals surface area contributed by atoms with Crippen LogP contribution in [-0.2, 0) is 26.1 Å². The molecule has 0 radical (unpaired) electrons. The van der Waals surface area contributed by atoms with Crippen LogP contribution in [0.5, 0.6) is 0 Å². The number of alkyl halides is 6. The molecule has 0 heterocycles. The van der Waals surface area contributed by atoms with E-state index in [0.29, 0.717) is 0 Å². The molecule has 0 saturated heterocycles. The van der Waals surface area contributed by atoms with E-state index in [1.54, 1.807) is 0 Å². The van der Waals surface area contributed by atoms with Gasteiger partial charge in [-0.05, 0) is 18.4 Å². The number of sulfone groups is 2. The first-order chi connectivity index (χ1) is 10.2. The van der Waals surface area contributed by atoms with E-state index in [-0.39, 0.29) is 5.56 Å². The van der Waals surface area contributed by atoms with Crippen molar-refractivity contribution in [3.63, 3.8) is 0 Å². The fourth-order valence-corrected chi connectivity index (χ4v) is 5.15. The minimum Gasteiger partial charge on any atom is -0.218 e. The Bertz CT molecular complexity index is 691. The monoisotopic (exact) mass is 384 g/mol. The maximum atomic E-state index is 12.5. The summed E-state index contributed by atoms with van der Waals surface area (Å²) >= 11 is 0. The average Bonchev–Trinajstić information content (AvgIpc) is 2.37. The summed E-state index contributed by atoms with van der Waals surface area (Å²) in [4.78, 5) is 0. The quantitative estimate of drug-likeness (QED) is 0.733. The van der Waals surface area contributed by atoms with Crippen LogP contribution in [0.25, 0.3) is 0 Å². The molecule has 0 aliphatic heterocycles. The van der Waals surface area contributed by atoms with E-state index in [0.717, 1.165) is 0 Å². The standard InChI is InChI=1S/C11H10F6O4S2/c12-10(13,14)22(18,19)9(23(20,21)11(15,16)17)7-6-8-4-2-1-3-5-8/h1-5,9H,6-7H2. The van der Waals surface area contributed by atoms with Gasteiger partial charge in [-0.1, -0.05) is 30.3 Å². The molecule has 12 heteroatoms. The Hall–Kier alpha value is -1.30. The van der Waals surface area contributed by atoms with Gasteiger partial charge >= 0.3 is 11.0 Å². The zero-order valence-corrected chi connectivity index (χ0v) is 12.7. The highest BCUT2D eigenvalue weighted by atomic mass is 32.3. The van der Waals surface area contributed by atoms with E-state index in [1.807, 2.05) is 0 Å². The van der Waals surface area contributed by atoms with Crippen molar-refractivity contribution in [2.24, 2.45) is 0 Å². The Morgan fingerprint density at radius 3 is 1.52 bits per heavy atom. The van der Waals surface area contributed by atoms with E-state index in [2.05, 4.69) is 0 Å². The SMILES string of the molecule is O=S(=O)(C(CCc1ccccc1)S(=O)(=O)C(F)(F)F)C(F)(F)F. The zero-order chi connectivity index (χ0) is 18.1. The zero-order valence-electron chi connectivity index (χ0n) is 11.1. The summed E-state index contributed by atoms with van der Waals surface area (Å²) in [6, 6.07) is 6.98. The van der Waals surface area contributed by atoms with Gasteiger partial charge < -0.3 is 0 Å². The van der Waals surface area contributed by atoms with Crippen molar-refractivity contribution in [3.8, 4) is 0 Å². The van der Waals surface area contributed by atoms with Gasteiger partial charge in [-0.2, -0.15) is 26.3 Å². The van der Waals surface area contributed by atoms with Crippen LogP contribution < -0.4 is 0 Å². The summed E-state index contributed by atoms with van der Waals surface area (Å²) in [5.41, 5.74) is -12.0. The second kappa shape index (κ2) is 6.30. The molecule has 0 amide bonds. The van der Waals surface area contributed by atoms with E-state index in [1.165, 1.54) is 30.3 Å². The number of halogens is 6. The summed E-state index contributed by atoms with van der Waals surface area (Å²) in [5, 5.41) is 0. The second-order valence-electron chi connectivity index (χ2n) is 4.44. The van der Waals surface area contributed by atoms with Crippen LogP contribution in [0.15, 0.2) is 30.3 Å². The summed E-state index contributed by atoms with van der Waals surface area (Å²) in [6.07, 6.45) is -1.95. The number of benzene rings is 1. The van der Waals surface area contributed by atoms with Gasteiger partial charge in [0.05, 0.1) is 0 Å². The normalized spacial score (nSPS) is 14.2. The Morgan fingerprint density at radius 2 is 1.17 bits per heavy atom. The third-order valence-electron chi connectivity index (χ3n) is 2.85. The lowest BCUT2D eigenvalue weighted by Gasteiger charge is -2.20. The highest BCUT2D eigenvalue weighted by Gasteiger charge is 2.62. The van der Waals surface area contributed by atoms with Gasteiger partial charge in [0.25, 0.3) is 19.7 Å². The second-order valence-corrected chi connectivity index (χ2v) is 8.98. The van der Waals surface area contributed by atoms with Gasteiger partial charge in [0.1, 0.15) is 0 Å². The molecule has 132 valence electrons. The van der Waals surface area contributed by atoms with E-state index in [4.69, 9.17) is 0 Å². The molecule has 0 aliphatic rings. The Morgan fingerprint density at radius 1 is 0.783 bits per heavy atom. The van der Waals surface area contributed by atoms with Crippen molar-refractivity contribution in [3.05, 3.63) is 35.9 Å². The average molecular weight is 384 g/mol. The molecule has 0 saturated carbocycles. The van der Waals surface area contributed by atoms with Crippen LogP contribution >= 0.6 is 0 Å². The third kappa shape index (κ3) is 4.16. The van der Waals surface area contributed by atoms with Crippen molar-refractivity contribution in [1.29, 1.82) is 0 Å². The first-order valence-electron chi connectivity index (χ1n) is 5.85. The minimum absolute atomic E-state index is 0.201. The van der Waals surface area contributed by atoms with Crippen molar-refractivity contribution < 1.29 is 43.2 Å². The van der Waals surface area contributed by atoms with Gasteiger partial charge in [0.15, 0.2) is 4.58 Å². The Balaban J connectivity index is 3.29. The molecule has 0 fully saturated rings. The van der Waals surface area contributed by atoms with Gasteiger partial charge in [-0.25, -0.2) is 16.8 Å². The molecule has 1 rings (SSSR count). The van der Waals surface area contributed by atoms with Crippen LogP contribution in [0.1, 0.15) is 12.0 Å². The van der Waals surface area contributed by atoms with Crippen LogP contribution in [0.3, 0.4) is 0 Å². The largest absolute Gasteiger partial charge is 0.498 e. The molecular formula is C11H10F6O4S2. The van der Waals surface area contributed by atoms with Gasteiger partial charge in [0, 0.05) is 0 Å². The number of hydrogen-bond donors (Lipinski definition) is 0. The molecule has 0 bridgehead atoms. The van der Waals surface area contributed by atoms with Gasteiger partial charge in [0.2, 0.25) is 0 Å². The molecule has 0 aromatic heterocycles. The first-order valence-corrected chi connectivity index (χ1v) is 8.95. The highest BCUT2D eigenvalue weighted by Crippen LogP contribution is 2.38. The highest BCUT2D eigenvalue weighted by molar-refractivity contribution is 8.09. The molecule has 0 N–H and O–H groups in total. The summed E-state index contributed by atoms with van der Waals surface area (Å²) in [5.74, 6) is 0. The summed E-state index contributed by atoms with van der Waals surface area (Å²) in [7, 11) is -13.1. The Labute approximate surface area is 128 Å². The fourth-order valence-electron chi connectivity index (χ4n) is 1.70. The first kappa shape index (κ1) is 19.7. The molecular weight excluding hydrogens is 374 g/mol. The molecule has 0 unspecified atom stereocenters. The fraction of sp³-hybridized carbons (Fsp3) is 0.455. The maximum Gasteiger partial charge on any atom is 0.498 e. The maximum absolute atomic E-state index is 12.5. The molecule has 1 aromatic rings. The summed E-state index contributed by atoms with van der Waals surface area (Å²) in [6.45, 7) is 0. The molecule has 0 spiro atoms. The van der Waals surface area contributed by atoms with Crippen molar-refractivity contribution in [1.82, 2.24) is 0 Å². The smallest absolute Gasteiger partial charge is 0.218 e. The van der Waals surface area contributed by atoms with Crippen LogP contribution in [-0.4, -0.2) is 32.4 Å². The van der Waals surface area contributed by atoms with E-state index in [9.17, 15) is 43.2 Å². The molecule has 1 aromatic carbocycles. The number of rotatable bonds is 5. The number of hydrogen-bond acceptors (Lipinski definition) is 4. The lowest BCUT2D eigenvalue weighted by molar-refractivity contribution is -0.0472. The number of aryl methyl sites for hydroxylation is 1. The van der Waals surface area contributed by atoms with Crippen molar-refractivity contribution in [2.45, 2.75) is 28.4 Å². The van der Waals surface area contributed by atoms with Crippen LogP contribution in [0.2, 0.25) is 0 Å². The van der Waals surface area contributed by atoms with Gasteiger partial charge in [-0.15, -0.1) is 0 Å².